The van der Waals surface area contributed by atoms with Gasteiger partial charge in [0.05, 0.1) is 11.6 Å². The van der Waals surface area contributed by atoms with Gasteiger partial charge in [-0.3, -0.25) is 14.5 Å². The molecule has 2 amide bonds. The van der Waals surface area contributed by atoms with Crippen molar-refractivity contribution in [2.45, 2.75) is 53.5 Å². The SMILES string of the molecule is Cc1cc(NC(=O)CN2CCC(N(C)C(=O)COc3c(C)c(C)c(N)c(C)c3Cl)CC2)c(C)cc1O. The van der Waals surface area contributed by atoms with Crippen molar-refractivity contribution in [2.24, 2.45) is 0 Å². The lowest BCUT2D eigenvalue weighted by molar-refractivity contribution is -0.135. The number of amides is 2. The van der Waals surface area contributed by atoms with Crippen LogP contribution < -0.4 is 15.8 Å². The van der Waals surface area contributed by atoms with Crippen molar-refractivity contribution in [3.05, 3.63) is 45.0 Å². The number of benzene rings is 2. The number of hydrogen-bond donors (Lipinski definition) is 3. The van der Waals surface area contributed by atoms with Crippen molar-refractivity contribution in [1.82, 2.24) is 9.80 Å². The summed E-state index contributed by atoms with van der Waals surface area (Å²) in [5.74, 6) is 0.504. The molecule has 4 N–H and O–H groups in total. The van der Waals surface area contributed by atoms with Gasteiger partial charge in [-0.25, -0.2) is 0 Å². The van der Waals surface area contributed by atoms with Gasteiger partial charge in [0.15, 0.2) is 6.61 Å². The summed E-state index contributed by atoms with van der Waals surface area (Å²) < 4.78 is 5.86. The molecule has 1 saturated heterocycles. The number of anilines is 2. The van der Waals surface area contributed by atoms with E-state index < -0.39 is 0 Å². The largest absolute Gasteiger partial charge is 0.508 e. The Bertz CT molecular complexity index is 1130. The standard InChI is InChI=1S/C27H37ClN4O4/c1-15-12-22(33)16(2)11-21(15)30-23(34)13-32-9-7-20(8-10-32)31(6)24(35)14-36-27-18(4)17(3)26(29)19(5)25(27)28/h11-12,20,33H,7-10,13-14,29H2,1-6H3,(H,30,34). The lowest BCUT2D eigenvalue weighted by Crippen LogP contribution is -2.48. The number of nitrogen functional groups attached to an aromatic ring is 1. The molecule has 0 saturated carbocycles. The van der Waals surface area contributed by atoms with E-state index in [0.29, 0.717) is 40.8 Å². The van der Waals surface area contributed by atoms with E-state index in [4.69, 9.17) is 22.1 Å². The highest BCUT2D eigenvalue weighted by atomic mass is 35.5. The molecule has 2 aromatic carbocycles. The molecule has 0 unspecified atom stereocenters. The Kier molecular flexibility index (Phi) is 8.74. The van der Waals surface area contributed by atoms with Gasteiger partial charge in [0.25, 0.3) is 5.91 Å². The molecular weight excluding hydrogens is 480 g/mol. The number of ether oxygens (including phenoxy) is 1. The topological polar surface area (TPSA) is 108 Å². The summed E-state index contributed by atoms with van der Waals surface area (Å²) in [6.45, 7) is 10.9. The van der Waals surface area contributed by atoms with Gasteiger partial charge in [-0.1, -0.05) is 11.6 Å². The Labute approximate surface area is 218 Å². The maximum atomic E-state index is 12.9. The minimum atomic E-state index is -0.119. The molecule has 2 aromatic rings. The second-order valence-corrected chi connectivity index (χ2v) is 10.1. The Hall–Kier alpha value is -2.97. The molecule has 3 rings (SSSR count). The molecule has 196 valence electrons. The summed E-state index contributed by atoms with van der Waals surface area (Å²) in [5.41, 5.74) is 11.5. The maximum absolute atomic E-state index is 12.9. The first-order chi connectivity index (χ1) is 16.9. The van der Waals surface area contributed by atoms with Gasteiger partial charge in [-0.15, -0.1) is 0 Å². The van der Waals surface area contributed by atoms with Crippen molar-refractivity contribution in [3.63, 3.8) is 0 Å². The van der Waals surface area contributed by atoms with Crippen molar-refractivity contribution < 1.29 is 19.4 Å². The summed E-state index contributed by atoms with van der Waals surface area (Å²) in [5, 5.41) is 13.2. The Morgan fingerprint density at radius 3 is 2.39 bits per heavy atom. The zero-order valence-corrected chi connectivity index (χ0v) is 22.8. The highest BCUT2D eigenvalue weighted by molar-refractivity contribution is 6.33. The lowest BCUT2D eigenvalue weighted by atomic mass is 10.0. The maximum Gasteiger partial charge on any atom is 0.260 e. The molecule has 0 aliphatic carbocycles. The number of hydrogen-bond acceptors (Lipinski definition) is 6. The van der Waals surface area contributed by atoms with Gasteiger partial charge in [-0.05, 0) is 87.4 Å². The number of piperidine rings is 1. The fourth-order valence-electron chi connectivity index (χ4n) is 4.51. The van der Waals surface area contributed by atoms with Gasteiger partial charge >= 0.3 is 0 Å². The summed E-state index contributed by atoms with van der Waals surface area (Å²) >= 11 is 6.44. The van der Waals surface area contributed by atoms with Crippen molar-refractivity contribution in [1.29, 1.82) is 0 Å². The Morgan fingerprint density at radius 2 is 1.75 bits per heavy atom. The van der Waals surface area contributed by atoms with Crippen LogP contribution in [0.1, 0.15) is 40.7 Å². The molecule has 36 heavy (non-hydrogen) atoms. The molecule has 9 heteroatoms. The van der Waals surface area contributed by atoms with Crippen LogP contribution in [0.15, 0.2) is 12.1 Å². The molecule has 0 atom stereocenters. The smallest absolute Gasteiger partial charge is 0.260 e. The number of phenols is 1. The van der Waals surface area contributed by atoms with Gasteiger partial charge < -0.3 is 25.8 Å². The lowest BCUT2D eigenvalue weighted by Gasteiger charge is -2.36. The highest BCUT2D eigenvalue weighted by Crippen LogP contribution is 2.38. The molecule has 1 fully saturated rings. The van der Waals surface area contributed by atoms with Crippen LogP contribution in [0.25, 0.3) is 0 Å². The molecule has 0 spiro atoms. The molecule has 1 heterocycles. The number of nitrogens with one attached hydrogen (secondary N) is 1. The summed E-state index contributed by atoms with van der Waals surface area (Å²) in [4.78, 5) is 29.3. The number of likely N-dealkylation sites (tertiary alicyclic amines) is 1. The third-order valence-electron chi connectivity index (χ3n) is 7.26. The third-order valence-corrected chi connectivity index (χ3v) is 7.72. The average molecular weight is 517 g/mol. The zero-order valence-electron chi connectivity index (χ0n) is 22.0. The number of nitrogens with two attached hydrogens (primary N) is 1. The molecule has 0 aromatic heterocycles. The summed E-state index contributed by atoms with van der Waals surface area (Å²) in [6.07, 6.45) is 1.54. The van der Waals surface area contributed by atoms with E-state index in [0.717, 1.165) is 35.1 Å². The fourth-order valence-corrected chi connectivity index (χ4v) is 4.81. The molecular formula is C27H37ClN4O4. The second kappa shape index (κ2) is 11.4. The molecule has 0 bridgehead atoms. The van der Waals surface area contributed by atoms with E-state index in [2.05, 4.69) is 10.2 Å². The number of likely N-dealkylation sites (N-methyl/N-ethyl adjacent to an activating group) is 1. The predicted molar refractivity (Wildman–Crippen MR) is 144 cm³/mol. The Morgan fingerprint density at radius 1 is 1.11 bits per heavy atom. The van der Waals surface area contributed by atoms with Crippen LogP contribution in [0, 0.1) is 34.6 Å². The van der Waals surface area contributed by atoms with Crippen LogP contribution in [0.3, 0.4) is 0 Å². The van der Waals surface area contributed by atoms with Crippen molar-refractivity contribution in [2.75, 3.05) is 44.3 Å². The molecule has 8 nitrogen and oxygen atoms in total. The normalized spacial score (nSPS) is 14.5. The van der Waals surface area contributed by atoms with Gasteiger partial charge in [0.2, 0.25) is 5.91 Å². The van der Waals surface area contributed by atoms with Crippen LogP contribution in [0.4, 0.5) is 11.4 Å². The van der Waals surface area contributed by atoms with Crippen molar-refractivity contribution >= 4 is 34.8 Å². The van der Waals surface area contributed by atoms with E-state index >= 15 is 0 Å². The number of nitrogens with zero attached hydrogens (tertiary/aromatic N) is 2. The van der Waals surface area contributed by atoms with Crippen molar-refractivity contribution in [3.8, 4) is 11.5 Å². The van der Waals surface area contributed by atoms with Gasteiger partial charge in [0, 0.05) is 37.6 Å². The van der Waals surface area contributed by atoms with Crippen LogP contribution in [0.5, 0.6) is 11.5 Å². The Balaban J connectivity index is 1.50. The summed E-state index contributed by atoms with van der Waals surface area (Å²) in [6, 6.07) is 3.51. The number of carbonyl (C=O) groups is 2. The molecule has 1 aliphatic rings. The molecule has 0 radical (unpaired) electrons. The van der Waals surface area contributed by atoms with Gasteiger partial charge in [0.1, 0.15) is 11.5 Å². The average Bonchev–Trinajstić information content (AvgIpc) is 2.84. The number of phenolic OH excluding ortho intramolecular Hbond substituents is 1. The van der Waals surface area contributed by atoms with E-state index in [-0.39, 0.29) is 36.8 Å². The van der Waals surface area contributed by atoms with Gasteiger partial charge in [-0.2, -0.15) is 0 Å². The quantitative estimate of drug-likeness (QED) is 0.377. The number of rotatable bonds is 7. The minimum absolute atomic E-state index is 0.0777. The van der Waals surface area contributed by atoms with Crippen LogP contribution in [-0.4, -0.2) is 66.1 Å². The first kappa shape index (κ1) is 27.6. The number of aryl methyl sites for hydroxylation is 2. The van der Waals surface area contributed by atoms with E-state index in [1.54, 1.807) is 31.0 Å². The third kappa shape index (κ3) is 6.05. The zero-order chi connectivity index (χ0) is 26.7. The minimum Gasteiger partial charge on any atom is -0.508 e. The highest BCUT2D eigenvalue weighted by Gasteiger charge is 2.27. The fraction of sp³-hybridized carbons (Fsp3) is 0.481. The summed E-state index contributed by atoms with van der Waals surface area (Å²) in [7, 11) is 1.79. The van der Waals surface area contributed by atoms with E-state index in [9.17, 15) is 14.7 Å². The van der Waals surface area contributed by atoms with E-state index in [1.165, 1.54) is 0 Å². The first-order valence-electron chi connectivity index (χ1n) is 12.2. The number of aromatic hydroxyl groups is 1. The first-order valence-corrected chi connectivity index (χ1v) is 12.5. The van der Waals surface area contributed by atoms with E-state index in [1.807, 2.05) is 27.7 Å². The molecule has 1 aliphatic heterocycles. The number of carbonyl (C=O) groups excluding carboxylic acids is 2. The monoisotopic (exact) mass is 516 g/mol. The van der Waals surface area contributed by atoms with Crippen LogP contribution in [0.2, 0.25) is 5.02 Å². The van der Waals surface area contributed by atoms with Crippen LogP contribution in [-0.2, 0) is 9.59 Å². The second-order valence-electron chi connectivity index (χ2n) is 9.73. The van der Waals surface area contributed by atoms with Crippen LogP contribution >= 0.6 is 11.6 Å². The predicted octanol–water partition coefficient (Wildman–Crippen LogP) is 4.11. The number of halogens is 1.